The molecule has 0 fully saturated rings. The first-order valence-corrected chi connectivity index (χ1v) is 11.9. The van der Waals surface area contributed by atoms with Gasteiger partial charge in [-0.25, -0.2) is 14.8 Å². The lowest BCUT2D eigenvalue weighted by molar-refractivity contribution is 0.0690. The van der Waals surface area contributed by atoms with Gasteiger partial charge in [0.2, 0.25) is 0 Å². The quantitative estimate of drug-likeness (QED) is 0.202. The second-order valence-corrected chi connectivity index (χ2v) is 8.49. The lowest BCUT2D eigenvalue weighted by Crippen LogP contribution is -2.06. The van der Waals surface area contributed by atoms with Crippen LogP contribution in [-0.2, 0) is 0 Å². The highest BCUT2D eigenvalue weighted by molar-refractivity contribution is 14.1. The number of pyridine rings is 2. The number of halogens is 2. The molecule has 0 amide bonds. The topological polar surface area (TPSA) is 87.1 Å². The van der Waals surface area contributed by atoms with Gasteiger partial charge in [-0.15, -0.1) is 0 Å². The Morgan fingerprint density at radius 1 is 1.13 bits per heavy atom. The van der Waals surface area contributed by atoms with Crippen LogP contribution in [-0.4, -0.2) is 34.6 Å². The number of anilines is 2. The molecule has 166 valence electrons. The maximum atomic E-state index is 10.3. The Morgan fingerprint density at radius 2 is 1.80 bits per heavy atom. The van der Waals surface area contributed by atoms with E-state index >= 15 is 0 Å². The molecule has 0 atom stereocenters. The van der Waals surface area contributed by atoms with Crippen LogP contribution in [0.4, 0.5) is 11.5 Å². The van der Waals surface area contributed by atoms with Gasteiger partial charge in [-0.05, 0) is 47.2 Å². The molecule has 0 aliphatic rings. The highest BCUT2D eigenvalue weighted by Gasteiger charge is 2.07. The third-order valence-corrected chi connectivity index (χ3v) is 5.29. The number of unbranched alkanes of at least 4 members (excludes halogenated alkanes) is 7. The van der Waals surface area contributed by atoms with Crippen molar-refractivity contribution < 1.29 is 9.90 Å². The predicted octanol–water partition coefficient (Wildman–Crippen LogP) is 6.71. The third kappa shape index (κ3) is 11.0. The van der Waals surface area contributed by atoms with Gasteiger partial charge >= 0.3 is 5.97 Å². The Bertz CT molecular complexity index is 762. The van der Waals surface area contributed by atoms with Crippen LogP contribution >= 0.6 is 34.2 Å². The third-order valence-electron chi connectivity index (χ3n) is 4.40. The van der Waals surface area contributed by atoms with Crippen molar-refractivity contribution in [1.29, 1.82) is 0 Å². The number of carbonyl (C=O) groups is 1. The average Bonchev–Trinajstić information content (AvgIpc) is 2.73. The van der Waals surface area contributed by atoms with Crippen LogP contribution in [0.25, 0.3) is 0 Å². The number of rotatable bonds is 12. The molecule has 0 aliphatic carbocycles. The summed E-state index contributed by atoms with van der Waals surface area (Å²) in [6.45, 7) is 3.30. The van der Waals surface area contributed by atoms with Gasteiger partial charge in [-0.1, -0.05) is 63.5 Å². The van der Waals surface area contributed by atoms with E-state index in [-0.39, 0.29) is 10.7 Å². The standard InChI is InChI=1S/C16H28IN3.C6H4ClNO2/c1-3-4-5-6-7-8-9-10-11-19-15-12-14(17)13-20-16(15)18-2;7-4-2-1-3-8-5(4)6(9)10/h12-13,19H,3-11H2,1-2H3,(H,18,20);1-3H,(H,9,10). The first-order chi connectivity index (χ1) is 14.5. The number of carboxylic acid groups (broad SMARTS) is 1. The zero-order chi connectivity index (χ0) is 22.2. The van der Waals surface area contributed by atoms with Crippen molar-refractivity contribution in [2.24, 2.45) is 0 Å². The highest BCUT2D eigenvalue weighted by atomic mass is 127. The Balaban J connectivity index is 0.000000375. The second-order valence-electron chi connectivity index (χ2n) is 6.84. The summed E-state index contributed by atoms with van der Waals surface area (Å²) in [5.74, 6) is -0.171. The predicted molar refractivity (Wildman–Crippen MR) is 134 cm³/mol. The smallest absolute Gasteiger partial charge is 0.356 e. The molecule has 30 heavy (non-hydrogen) atoms. The lowest BCUT2D eigenvalue weighted by Gasteiger charge is -2.11. The molecule has 2 aromatic heterocycles. The van der Waals surface area contributed by atoms with Gasteiger partial charge in [0.25, 0.3) is 0 Å². The summed E-state index contributed by atoms with van der Waals surface area (Å²) < 4.78 is 1.17. The van der Waals surface area contributed by atoms with Gasteiger partial charge < -0.3 is 15.7 Å². The van der Waals surface area contributed by atoms with E-state index in [1.54, 1.807) is 6.07 Å². The first kappa shape index (κ1) is 26.4. The van der Waals surface area contributed by atoms with Crippen LogP contribution in [0.1, 0.15) is 68.8 Å². The zero-order valence-electron chi connectivity index (χ0n) is 17.8. The zero-order valence-corrected chi connectivity index (χ0v) is 20.7. The van der Waals surface area contributed by atoms with Gasteiger partial charge in [0.15, 0.2) is 5.69 Å². The molecule has 2 aromatic rings. The van der Waals surface area contributed by atoms with Crippen LogP contribution in [0.15, 0.2) is 30.6 Å². The molecule has 0 unspecified atom stereocenters. The van der Waals surface area contributed by atoms with Crippen molar-refractivity contribution in [3.8, 4) is 0 Å². The molecular formula is C22H32ClIN4O2. The number of nitrogens with one attached hydrogen (secondary N) is 2. The number of carboxylic acids is 1. The molecule has 2 heterocycles. The Kier molecular flexibility index (Phi) is 14.2. The van der Waals surface area contributed by atoms with E-state index in [0.717, 1.165) is 18.1 Å². The summed E-state index contributed by atoms with van der Waals surface area (Å²) in [5.41, 5.74) is 1.01. The van der Waals surface area contributed by atoms with Crippen LogP contribution in [0.2, 0.25) is 5.02 Å². The van der Waals surface area contributed by atoms with Gasteiger partial charge in [0.05, 0.1) is 10.7 Å². The molecule has 2 rings (SSSR count). The summed E-state index contributed by atoms with van der Waals surface area (Å²) in [6.07, 6.45) is 14.1. The molecule has 0 bridgehead atoms. The number of hydrogen-bond donors (Lipinski definition) is 3. The van der Waals surface area contributed by atoms with Crippen molar-refractivity contribution >= 4 is 51.7 Å². The maximum absolute atomic E-state index is 10.3. The molecule has 0 saturated carbocycles. The summed E-state index contributed by atoms with van der Waals surface area (Å²) >= 11 is 7.77. The van der Waals surface area contributed by atoms with Crippen molar-refractivity contribution in [3.05, 3.63) is 44.9 Å². The van der Waals surface area contributed by atoms with Crippen LogP contribution in [0.3, 0.4) is 0 Å². The average molecular weight is 547 g/mol. The van der Waals surface area contributed by atoms with E-state index in [9.17, 15) is 4.79 Å². The summed E-state index contributed by atoms with van der Waals surface area (Å²) in [5, 5.41) is 15.2. The molecule has 0 aromatic carbocycles. The van der Waals surface area contributed by atoms with E-state index in [2.05, 4.69) is 56.2 Å². The first-order valence-electron chi connectivity index (χ1n) is 10.4. The summed E-state index contributed by atoms with van der Waals surface area (Å²) in [6, 6.07) is 5.21. The van der Waals surface area contributed by atoms with Crippen molar-refractivity contribution in [2.45, 2.75) is 58.3 Å². The largest absolute Gasteiger partial charge is 0.476 e. The van der Waals surface area contributed by atoms with Gasteiger partial charge in [-0.2, -0.15) is 0 Å². The monoisotopic (exact) mass is 546 g/mol. The normalized spacial score (nSPS) is 10.1. The van der Waals surface area contributed by atoms with Gasteiger partial charge in [0.1, 0.15) is 5.82 Å². The van der Waals surface area contributed by atoms with Crippen LogP contribution in [0, 0.1) is 3.57 Å². The van der Waals surface area contributed by atoms with Gasteiger partial charge in [-0.3, -0.25) is 0 Å². The highest BCUT2D eigenvalue weighted by Crippen LogP contribution is 2.21. The molecule has 8 heteroatoms. The van der Waals surface area contributed by atoms with E-state index in [1.165, 1.54) is 67.2 Å². The molecular weight excluding hydrogens is 515 g/mol. The van der Waals surface area contributed by atoms with E-state index in [4.69, 9.17) is 16.7 Å². The summed E-state index contributed by atoms with van der Waals surface area (Å²) in [7, 11) is 1.91. The van der Waals surface area contributed by atoms with E-state index in [1.807, 2.05) is 13.2 Å². The fourth-order valence-electron chi connectivity index (χ4n) is 2.80. The van der Waals surface area contributed by atoms with Crippen LogP contribution < -0.4 is 10.6 Å². The molecule has 0 radical (unpaired) electrons. The minimum atomic E-state index is -1.11. The number of aromatic nitrogens is 2. The van der Waals surface area contributed by atoms with E-state index < -0.39 is 5.97 Å². The van der Waals surface area contributed by atoms with E-state index in [0.29, 0.717) is 0 Å². The lowest BCUT2D eigenvalue weighted by atomic mass is 10.1. The number of nitrogens with zero attached hydrogens (tertiary/aromatic N) is 2. The molecule has 0 aliphatic heterocycles. The van der Waals surface area contributed by atoms with Crippen LogP contribution in [0.5, 0.6) is 0 Å². The number of aromatic carboxylic acids is 1. The molecule has 0 spiro atoms. The van der Waals surface area contributed by atoms with Gasteiger partial charge in [0, 0.05) is 29.6 Å². The second kappa shape index (κ2) is 16.1. The van der Waals surface area contributed by atoms with Crippen molar-refractivity contribution in [2.75, 3.05) is 24.2 Å². The molecule has 0 saturated heterocycles. The molecule has 6 nitrogen and oxygen atoms in total. The fourth-order valence-corrected chi connectivity index (χ4v) is 3.45. The minimum Gasteiger partial charge on any atom is -0.476 e. The van der Waals surface area contributed by atoms with Crippen molar-refractivity contribution in [1.82, 2.24) is 9.97 Å². The summed E-state index contributed by atoms with van der Waals surface area (Å²) in [4.78, 5) is 18.2. The minimum absolute atomic E-state index is 0.107. The number of hydrogen-bond acceptors (Lipinski definition) is 5. The molecule has 3 N–H and O–H groups in total. The Hall–Kier alpha value is -1.61. The Labute approximate surface area is 198 Å². The SMILES string of the molecule is CCCCCCCCCCNc1cc(I)cnc1NC.O=C(O)c1ncccc1Cl. The van der Waals surface area contributed by atoms with Crippen molar-refractivity contribution in [3.63, 3.8) is 0 Å². The Morgan fingerprint density at radius 3 is 2.37 bits per heavy atom. The maximum Gasteiger partial charge on any atom is 0.356 e. The fraction of sp³-hybridized carbons (Fsp3) is 0.500.